The molecule has 3 heteroatoms. The second-order valence-electron chi connectivity index (χ2n) is 4.07. The lowest BCUT2D eigenvalue weighted by molar-refractivity contribution is 0.203. The summed E-state index contributed by atoms with van der Waals surface area (Å²) in [4.78, 5) is 13.5. The van der Waals surface area contributed by atoms with Gasteiger partial charge in [-0.3, -0.25) is 0 Å². The summed E-state index contributed by atoms with van der Waals surface area (Å²) >= 11 is 0. The maximum absolute atomic E-state index is 11.6. The summed E-state index contributed by atoms with van der Waals surface area (Å²) in [6.45, 7) is 5.76. The number of urea groups is 1. The molecule has 0 unspecified atom stereocenters. The van der Waals surface area contributed by atoms with Gasteiger partial charge in [-0.05, 0) is 26.7 Å². The topological polar surface area (TPSA) is 32.3 Å². The molecule has 0 radical (unpaired) electrons. The molecule has 0 aromatic heterocycles. The first-order valence-electron chi connectivity index (χ1n) is 5.39. The molecule has 80 valence electrons. The molecule has 1 saturated heterocycles. The highest BCUT2D eigenvalue weighted by Crippen LogP contribution is 2.09. The van der Waals surface area contributed by atoms with Crippen molar-refractivity contribution in [3.8, 4) is 0 Å². The third kappa shape index (κ3) is 3.81. The van der Waals surface area contributed by atoms with Crippen molar-refractivity contribution >= 4 is 6.03 Å². The van der Waals surface area contributed by atoms with Gasteiger partial charge in [-0.25, -0.2) is 4.79 Å². The highest BCUT2D eigenvalue weighted by Gasteiger charge is 2.13. The number of amides is 2. The van der Waals surface area contributed by atoms with Crippen LogP contribution in [-0.2, 0) is 0 Å². The third-order valence-electron chi connectivity index (χ3n) is 2.38. The van der Waals surface area contributed by atoms with Crippen molar-refractivity contribution in [3.05, 3.63) is 11.8 Å². The fourth-order valence-corrected chi connectivity index (χ4v) is 1.57. The lowest BCUT2D eigenvalue weighted by atomic mass is 10.2. The molecule has 0 aliphatic carbocycles. The van der Waals surface area contributed by atoms with E-state index in [1.54, 1.807) is 6.20 Å². The van der Waals surface area contributed by atoms with E-state index in [4.69, 9.17) is 0 Å². The molecule has 0 saturated carbocycles. The molecule has 2 amide bonds. The lowest BCUT2D eigenvalue weighted by Crippen LogP contribution is -2.38. The van der Waals surface area contributed by atoms with Crippen molar-refractivity contribution < 1.29 is 4.79 Å². The molecular weight excluding hydrogens is 176 g/mol. The van der Waals surface area contributed by atoms with Crippen LogP contribution < -0.4 is 5.32 Å². The number of nitrogens with one attached hydrogen (secondary N) is 1. The molecule has 0 aromatic carbocycles. The minimum atomic E-state index is 0.0492. The molecule has 14 heavy (non-hydrogen) atoms. The van der Waals surface area contributed by atoms with E-state index in [2.05, 4.69) is 5.32 Å². The number of hydrogen-bond acceptors (Lipinski definition) is 1. The van der Waals surface area contributed by atoms with E-state index in [-0.39, 0.29) is 6.03 Å². The highest BCUT2D eigenvalue weighted by molar-refractivity contribution is 5.75. The Morgan fingerprint density at radius 3 is 2.21 bits per heavy atom. The quantitative estimate of drug-likeness (QED) is 0.686. The summed E-state index contributed by atoms with van der Waals surface area (Å²) in [6, 6.07) is 0.0492. The number of allylic oxidation sites excluding steroid dienone is 1. The van der Waals surface area contributed by atoms with Gasteiger partial charge < -0.3 is 10.2 Å². The van der Waals surface area contributed by atoms with Crippen molar-refractivity contribution in [2.24, 2.45) is 0 Å². The minimum Gasteiger partial charge on any atom is -0.325 e. The molecule has 1 heterocycles. The number of rotatable bonds is 1. The maximum Gasteiger partial charge on any atom is 0.321 e. The number of carbonyl (C=O) groups is 1. The Morgan fingerprint density at radius 1 is 1.14 bits per heavy atom. The molecular formula is C11H20N2O. The van der Waals surface area contributed by atoms with Crippen LogP contribution in [0.1, 0.15) is 39.5 Å². The van der Waals surface area contributed by atoms with E-state index in [0.29, 0.717) is 0 Å². The Morgan fingerprint density at radius 2 is 1.71 bits per heavy atom. The predicted octanol–water partition coefficient (Wildman–Crippen LogP) is 2.50. The minimum absolute atomic E-state index is 0.0492. The Bertz CT molecular complexity index is 211. The number of nitrogens with zero attached hydrogens (tertiary/aromatic N) is 1. The summed E-state index contributed by atoms with van der Waals surface area (Å²) < 4.78 is 0. The van der Waals surface area contributed by atoms with Gasteiger partial charge in [0.2, 0.25) is 0 Å². The van der Waals surface area contributed by atoms with Crippen LogP contribution in [0.3, 0.4) is 0 Å². The first kappa shape index (κ1) is 11.1. The smallest absolute Gasteiger partial charge is 0.321 e. The van der Waals surface area contributed by atoms with Crippen LogP contribution in [0.25, 0.3) is 0 Å². The summed E-state index contributed by atoms with van der Waals surface area (Å²) in [5.74, 6) is 0. The Hall–Kier alpha value is -0.990. The molecule has 1 rings (SSSR count). The second kappa shape index (κ2) is 5.68. The largest absolute Gasteiger partial charge is 0.325 e. The monoisotopic (exact) mass is 196 g/mol. The predicted molar refractivity (Wildman–Crippen MR) is 58.0 cm³/mol. The van der Waals surface area contributed by atoms with Gasteiger partial charge in [-0.1, -0.05) is 18.4 Å². The molecule has 1 aliphatic rings. The fourth-order valence-electron chi connectivity index (χ4n) is 1.57. The van der Waals surface area contributed by atoms with E-state index >= 15 is 0 Å². The summed E-state index contributed by atoms with van der Waals surface area (Å²) in [7, 11) is 0. The van der Waals surface area contributed by atoms with E-state index in [1.807, 2.05) is 18.7 Å². The van der Waals surface area contributed by atoms with Crippen molar-refractivity contribution in [2.45, 2.75) is 39.5 Å². The summed E-state index contributed by atoms with van der Waals surface area (Å²) in [5.41, 5.74) is 1.12. The molecule has 1 N–H and O–H groups in total. The summed E-state index contributed by atoms with van der Waals surface area (Å²) in [6.07, 6.45) is 6.57. The molecule has 1 aliphatic heterocycles. The van der Waals surface area contributed by atoms with Gasteiger partial charge in [0.25, 0.3) is 0 Å². The van der Waals surface area contributed by atoms with E-state index < -0.39 is 0 Å². The van der Waals surface area contributed by atoms with Crippen LogP contribution in [0.4, 0.5) is 4.79 Å². The fraction of sp³-hybridized carbons (Fsp3) is 0.727. The van der Waals surface area contributed by atoms with E-state index in [9.17, 15) is 4.79 Å². The Labute approximate surface area is 86.2 Å². The number of carbonyl (C=O) groups excluding carboxylic acids is 1. The molecule has 0 spiro atoms. The van der Waals surface area contributed by atoms with Gasteiger partial charge in [-0.2, -0.15) is 0 Å². The van der Waals surface area contributed by atoms with Gasteiger partial charge in [-0.15, -0.1) is 0 Å². The summed E-state index contributed by atoms with van der Waals surface area (Å²) in [5, 5.41) is 2.80. The standard InChI is InChI=1S/C11H20N2O/c1-10(2)9-12-11(14)13-7-5-3-4-6-8-13/h9H,3-8H2,1-2H3,(H,12,14). The highest BCUT2D eigenvalue weighted by atomic mass is 16.2. The molecule has 1 fully saturated rings. The number of hydrogen-bond donors (Lipinski definition) is 1. The molecule has 0 aromatic rings. The zero-order valence-electron chi connectivity index (χ0n) is 9.18. The van der Waals surface area contributed by atoms with E-state index in [0.717, 1.165) is 31.5 Å². The van der Waals surface area contributed by atoms with Gasteiger partial charge in [0.15, 0.2) is 0 Å². The molecule has 0 atom stereocenters. The van der Waals surface area contributed by atoms with Crippen LogP contribution in [0.2, 0.25) is 0 Å². The lowest BCUT2D eigenvalue weighted by Gasteiger charge is -2.19. The van der Waals surface area contributed by atoms with Crippen LogP contribution >= 0.6 is 0 Å². The van der Waals surface area contributed by atoms with Crippen molar-refractivity contribution in [1.29, 1.82) is 0 Å². The average molecular weight is 196 g/mol. The third-order valence-corrected chi connectivity index (χ3v) is 2.38. The SMILES string of the molecule is CC(C)=CNC(=O)N1CCCCCC1. The van der Waals surface area contributed by atoms with Gasteiger partial charge in [0.1, 0.15) is 0 Å². The second-order valence-corrected chi connectivity index (χ2v) is 4.07. The van der Waals surface area contributed by atoms with E-state index in [1.165, 1.54) is 12.8 Å². The van der Waals surface area contributed by atoms with Crippen molar-refractivity contribution in [1.82, 2.24) is 10.2 Å². The van der Waals surface area contributed by atoms with Crippen LogP contribution in [0, 0.1) is 0 Å². The molecule has 3 nitrogen and oxygen atoms in total. The van der Waals surface area contributed by atoms with Crippen molar-refractivity contribution in [2.75, 3.05) is 13.1 Å². The van der Waals surface area contributed by atoms with Crippen molar-refractivity contribution in [3.63, 3.8) is 0 Å². The van der Waals surface area contributed by atoms with Crippen LogP contribution in [-0.4, -0.2) is 24.0 Å². The first-order valence-corrected chi connectivity index (χ1v) is 5.39. The normalized spacial score (nSPS) is 17.1. The Balaban J connectivity index is 2.38. The first-order chi connectivity index (χ1) is 6.70. The maximum atomic E-state index is 11.6. The van der Waals surface area contributed by atoms with Gasteiger partial charge >= 0.3 is 6.03 Å². The Kier molecular flexibility index (Phi) is 4.50. The van der Waals surface area contributed by atoms with Crippen LogP contribution in [0.5, 0.6) is 0 Å². The average Bonchev–Trinajstić information content (AvgIpc) is 2.42. The van der Waals surface area contributed by atoms with Crippen LogP contribution in [0.15, 0.2) is 11.8 Å². The zero-order chi connectivity index (χ0) is 10.4. The number of likely N-dealkylation sites (tertiary alicyclic amines) is 1. The zero-order valence-corrected chi connectivity index (χ0v) is 9.18. The van der Waals surface area contributed by atoms with Gasteiger partial charge in [0, 0.05) is 19.3 Å². The van der Waals surface area contributed by atoms with Gasteiger partial charge in [0.05, 0.1) is 0 Å². The molecule has 0 bridgehead atoms.